The fraction of sp³-hybridized carbons (Fsp3) is 0. The van der Waals surface area contributed by atoms with Gasteiger partial charge in [-0.25, -0.2) is 9.78 Å². The molecular weight excluding hydrogens is 204 g/mol. The zero-order valence-electron chi connectivity index (χ0n) is 6.52. The lowest BCUT2D eigenvalue weighted by molar-refractivity contribution is 1.12. The van der Waals surface area contributed by atoms with Crippen LogP contribution in [0.25, 0.3) is 10.9 Å². The summed E-state index contributed by atoms with van der Waals surface area (Å²) in [6.45, 7) is 0. The predicted octanol–water partition coefficient (Wildman–Crippen LogP) is 1.86. The number of hydrogen-bond donors (Lipinski definition) is 2. The quantitative estimate of drug-likeness (QED) is 0.558. The number of aromatic nitrogens is 2. The second-order valence-corrected chi connectivity index (χ2v) is 3.73. The van der Waals surface area contributed by atoms with Crippen molar-refractivity contribution in [3.63, 3.8) is 0 Å². The molecular formula is C8H6N2OS2. The molecule has 2 aromatic rings. The molecule has 66 valence electrons. The van der Waals surface area contributed by atoms with E-state index in [0.29, 0.717) is 0 Å². The van der Waals surface area contributed by atoms with Crippen LogP contribution in [0, 0.1) is 0 Å². The Morgan fingerprint density at radius 1 is 1.46 bits per heavy atom. The van der Waals surface area contributed by atoms with Crippen molar-refractivity contribution in [2.24, 2.45) is 0 Å². The Morgan fingerprint density at radius 3 is 3.08 bits per heavy atom. The first kappa shape index (κ1) is 8.65. The van der Waals surface area contributed by atoms with E-state index < -0.39 is 0 Å². The van der Waals surface area contributed by atoms with Gasteiger partial charge in [0.2, 0.25) is 0 Å². The molecule has 0 spiro atoms. The second kappa shape index (κ2) is 3.43. The number of H-pyrrole nitrogens is 1. The van der Waals surface area contributed by atoms with Crippen LogP contribution in [0.5, 0.6) is 0 Å². The van der Waals surface area contributed by atoms with E-state index in [0.717, 1.165) is 15.8 Å². The summed E-state index contributed by atoms with van der Waals surface area (Å²) in [5, 5.41) is 0.922. The number of nitrogens with one attached hydrogen (secondary N) is 1. The zero-order valence-corrected chi connectivity index (χ0v) is 8.23. The fourth-order valence-corrected chi connectivity index (χ4v) is 1.73. The molecule has 0 atom stereocenters. The van der Waals surface area contributed by atoms with E-state index in [9.17, 15) is 4.79 Å². The van der Waals surface area contributed by atoms with Crippen molar-refractivity contribution in [2.75, 3.05) is 0 Å². The van der Waals surface area contributed by atoms with Crippen LogP contribution in [-0.4, -0.2) is 9.97 Å². The number of aromatic amines is 1. The fourth-order valence-electron chi connectivity index (χ4n) is 1.09. The Hall–Kier alpha value is -0.940. The highest BCUT2D eigenvalue weighted by atomic mass is 33.1. The molecule has 0 saturated heterocycles. The van der Waals surface area contributed by atoms with Gasteiger partial charge in [-0.2, -0.15) is 0 Å². The maximum absolute atomic E-state index is 10.9. The van der Waals surface area contributed by atoms with Gasteiger partial charge in [-0.15, -0.1) is 11.7 Å². The molecule has 2 rings (SSSR count). The van der Waals surface area contributed by atoms with Crippen LogP contribution >= 0.6 is 22.5 Å². The molecule has 0 amide bonds. The van der Waals surface area contributed by atoms with E-state index in [1.165, 1.54) is 10.8 Å². The molecule has 0 unspecified atom stereocenters. The van der Waals surface area contributed by atoms with E-state index in [1.54, 1.807) is 6.20 Å². The molecule has 1 aromatic heterocycles. The minimum Gasteiger partial charge on any atom is -0.305 e. The van der Waals surface area contributed by atoms with E-state index in [-0.39, 0.29) is 5.69 Å². The van der Waals surface area contributed by atoms with Gasteiger partial charge in [-0.05, 0) is 12.1 Å². The van der Waals surface area contributed by atoms with E-state index in [1.807, 2.05) is 18.2 Å². The van der Waals surface area contributed by atoms with Crippen LogP contribution in [0.2, 0.25) is 0 Å². The van der Waals surface area contributed by atoms with E-state index in [2.05, 4.69) is 21.6 Å². The highest BCUT2D eigenvalue weighted by Gasteiger charge is 1.96. The molecule has 13 heavy (non-hydrogen) atoms. The van der Waals surface area contributed by atoms with Crippen molar-refractivity contribution in [1.29, 1.82) is 0 Å². The minimum absolute atomic E-state index is 0.325. The van der Waals surface area contributed by atoms with Gasteiger partial charge in [0, 0.05) is 16.5 Å². The molecule has 0 aliphatic heterocycles. The van der Waals surface area contributed by atoms with E-state index in [4.69, 9.17) is 0 Å². The molecule has 1 aromatic carbocycles. The molecule has 0 aliphatic rings. The topological polar surface area (TPSA) is 45.8 Å². The van der Waals surface area contributed by atoms with Gasteiger partial charge in [0.15, 0.2) is 0 Å². The lowest BCUT2D eigenvalue weighted by Gasteiger charge is -1.98. The molecule has 3 nitrogen and oxygen atoms in total. The third-order valence-corrected chi connectivity index (χ3v) is 2.79. The predicted molar refractivity (Wildman–Crippen MR) is 57.2 cm³/mol. The summed E-state index contributed by atoms with van der Waals surface area (Å²) in [5.74, 6) is 0. The van der Waals surface area contributed by atoms with Gasteiger partial charge < -0.3 is 4.98 Å². The van der Waals surface area contributed by atoms with Crippen LogP contribution in [0.15, 0.2) is 34.1 Å². The molecule has 1 N–H and O–H groups in total. The molecule has 1 heterocycles. The van der Waals surface area contributed by atoms with Crippen molar-refractivity contribution < 1.29 is 0 Å². The monoisotopic (exact) mass is 210 g/mol. The minimum atomic E-state index is -0.325. The third-order valence-electron chi connectivity index (χ3n) is 1.69. The van der Waals surface area contributed by atoms with Gasteiger partial charge in [-0.1, -0.05) is 16.9 Å². The smallest absolute Gasteiger partial charge is 0.305 e. The highest BCUT2D eigenvalue weighted by molar-refractivity contribution is 8.68. The van der Waals surface area contributed by atoms with Crippen molar-refractivity contribution in [1.82, 2.24) is 9.97 Å². The summed E-state index contributed by atoms with van der Waals surface area (Å²) in [6, 6.07) is 5.70. The molecule has 0 bridgehead atoms. The Bertz CT molecular complexity index is 495. The number of thiol groups is 1. The van der Waals surface area contributed by atoms with Crippen molar-refractivity contribution in [2.45, 2.75) is 4.90 Å². The van der Waals surface area contributed by atoms with Gasteiger partial charge in [-0.3, -0.25) is 0 Å². The van der Waals surface area contributed by atoms with Crippen molar-refractivity contribution in [3.8, 4) is 0 Å². The Balaban J connectivity index is 2.75. The lowest BCUT2D eigenvalue weighted by atomic mass is 10.2. The SMILES string of the molecule is O=c1ncc2ccc(SS)cc2[nH]1. The van der Waals surface area contributed by atoms with Crippen LogP contribution in [0.4, 0.5) is 0 Å². The standard InChI is InChI=1S/C8H6N2OS2/c11-8-9-4-5-1-2-6(13-12)3-7(5)10-8/h1-4,12H,(H,9,10,11). The largest absolute Gasteiger partial charge is 0.345 e. The summed E-state index contributed by atoms with van der Waals surface area (Å²) in [5.41, 5.74) is 0.466. The average Bonchev–Trinajstić information content (AvgIpc) is 2.16. The molecule has 0 fully saturated rings. The maximum atomic E-state index is 10.9. The average molecular weight is 210 g/mol. The van der Waals surface area contributed by atoms with Crippen molar-refractivity contribution in [3.05, 3.63) is 34.9 Å². The van der Waals surface area contributed by atoms with Crippen LogP contribution in [0.1, 0.15) is 0 Å². The third kappa shape index (κ3) is 1.71. The Labute approximate surface area is 83.4 Å². The van der Waals surface area contributed by atoms with Crippen LogP contribution in [-0.2, 0) is 0 Å². The molecule has 5 heteroatoms. The number of rotatable bonds is 1. The normalized spacial score (nSPS) is 10.5. The van der Waals surface area contributed by atoms with Crippen molar-refractivity contribution >= 4 is 33.4 Å². The maximum Gasteiger partial charge on any atom is 0.345 e. The summed E-state index contributed by atoms with van der Waals surface area (Å²) < 4.78 is 0. The highest BCUT2D eigenvalue weighted by Crippen LogP contribution is 2.23. The van der Waals surface area contributed by atoms with Gasteiger partial charge in [0.05, 0.1) is 5.52 Å². The van der Waals surface area contributed by atoms with Gasteiger partial charge in [0.1, 0.15) is 0 Å². The van der Waals surface area contributed by atoms with Crippen LogP contribution in [0.3, 0.4) is 0 Å². The number of fused-ring (bicyclic) bond motifs is 1. The summed E-state index contributed by atoms with van der Waals surface area (Å²) >= 11 is 4.07. The summed E-state index contributed by atoms with van der Waals surface area (Å²) in [4.78, 5) is 18.2. The van der Waals surface area contributed by atoms with Crippen LogP contribution < -0.4 is 5.69 Å². The van der Waals surface area contributed by atoms with Gasteiger partial charge >= 0.3 is 5.69 Å². The van der Waals surface area contributed by atoms with Gasteiger partial charge in [0.25, 0.3) is 0 Å². The zero-order chi connectivity index (χ0) is 9.26. The second-order valence-electron chi connectivity index (χ2n) is 2.53. The Morgan fingerprint density at radius 2 is 2.31 bits per heavy atom. The first-order valence-electron chi connectivity index (χ1n) is 3.60. The number of benzene rings is 1. The number of hydrogen-bond acceptors (Lipinski definition) is 4. The first-order chi connectivity index (χ1) is 6.29. The molecule has 0 radical (unpaired) electrons. The van der Waals surface area contributed by atoms with E-state index >= 15 is 0 Å². The summed E-state index contributed by atoms with van der Waals surface area (Å²) in [7, 11) is 1.34. The first-order valence-corrected chi connectivity index (χ1v) is 5.47. The number of nitrogens with zero attached hydrogens (tertiary/aromatic N) is 1. The molecule has 0 aliphatic carbocycles. The lowest BCUT2D eigenvalue weighted by Crippen LogP contribution is -2.08. The Kier molecular flexibility index (Phi) is 2.28. The molecule has 0 saturated carbocycles. The summed E-state index contributed by atoms with van der Waals surface area (Å²) in [6.07, 6.45) is 1.56.